The fourth-order valence-corrected chi connectivity index (χ4v) is 4.22. The molecule has 2 fully saturated rings. The van der Waals surface area contributed by atoms with Gasteiger partial charge in [0.25, 0.3) is 5.91 Å². The van der Waals surface area contributed by atoms with Crippen molar-refractivity contribution >= 4 is 5.91 Å². The van der Waals surface area contributed by atoms with Crippen LogP contribution in [0.1, 0.15) is 47.6 Å². The highest BCUT2D eigenvalue weighted by Gasteiger charge is 2.26. The summed E-state index contributed by atoms with van der Waals surface area (Å²) in [4.78, 5) is 19.2. The quantitative estimate of drug-likeness (QED) is 0.443. The van der Waals surface area contributed by atoms with Crippen LogP contribution < -0.4 is 10.1 Å². The molecule has 2 aliphatic rings. The molecular formula is C27H31N3O4. The van der Waals surface area contributed by atoms with E-state index < -0.39 is 0 Å². The Morgan fingerprint density at radius 1 is 1.06 bits per heavy atom. The van der Waals surface area contributed by atoms with E-state index in [-0.39, 0.29) is 12.0 Å². The van der Waals surface area contributed by atoms with Crippen LogP contribution in [0.15, 0.2) is 65.3 Å². The molecule has 0 spiro atoms. The SMILES string of the molecule is O=C(NCC1CCCO1)c1coc(CN(Cc2cccc(Oc3ccccc3)c2)CC2CC2)n1. The summed E-state index contributed by atoms with van der Waals surface area (Å²) in [7, 11) is 0. The van der Waals surface area contributed by atoms with Crippen LogP contribution >= 0.6 is 0 Å². The van der Waals surface area contributed by atoms with Crippen molar-refractivity contribution in [1.82, 2.24) is 15.2 Å². The number of para-hydroxylation sites is 1. The summed E-state index contributed by atoms with van der Waals surface area (Å²) in [5.41, 5.74) is 1.48. The average molecular weight is 462 g/mol. The van der Waals surface area contributed by atoms with Crippen molar-refractivity contribution in [3.05, 3.63) is 78.0 Å². The summed E-state index contributed by atoms with van der Waals surface area (Å²) in [6, 6.07) is 18.0. The third kappa shape index (κ3) is 6.46. The topological polar surface area (TPSA) is 76.8 Å². The molecule has 1 saturated carbocycles. The lowest BCUT2D eigenvalue weighted by Gasteiger charge is -2.21. The number of ether oxygens (including phenoxy) is 2. The zero-order valence-corrected chi connectivity index (χ0v) is 19.3. The predicted molar refractivity (Wildman–Crippen MR) is 128 cm³/mol. The molecule has 7 heteroatoms. The third-order valence-electron chi connectivity index (χ3n) is 6.15. The Balaban J connectivity index is 1.20. The number of carbonyl (C=O) groups is 1. The number of aromatic nitrogens is 1. The Bertz CT molecular complexity index is 1070. The summed E-state index contributed by atoms with van der Waals surface area (Å²) in [5.74, 6) is 2.69. The van der Waals surface area contributed by atoms with Crippen LogP contribution in [-0.2, 0) is 17.8 Å². The van der Waals surface area contributed by atoms with Crippen LogP contribution in [0.2, 0.25) is 0 Å². The van der Waals surface area contributed by atoms with E-state index in [4.69, 9.17) is 13.9 Å². The molecule has 1 amide bonds. The van der Waals surface area contributed by atoms with Gasteiger partial charge in [0.2, 0.25) is 5.89 Å². The molecule has 3 aromatic rings. The van der Waals surface area contributed by atoms with Gasteiger partial charge in [0.15, 0.2) is 5.69 Å². The Labute approximate surface area is 200 Å². The average Bonchev–Trinajstić information content (AvgIpc) is 3.30. The number of nitrogens with one attached hydrogen (secondary N) is 1. The molecular weight excluding hydrogens is 430 g/mol. The molecule has 5 rings (SSSR count). The fourth-order valence-electron chi connectivity index (χ4n) is 4.22. The van der Waals surface area contributed by atoms with E-state index in [0.717, 1.165) is 49.6 Å². The largest absolute Gasteiger partial charge is 0.457 e. The molecule has 1 saturated heterocycles. The maximum Gasteiger partial charge on any atom is 0.273 e. The highest BCUT2D eigenvalue weighted by atomic mass is 16.5. The van der Waals surface area contributed by atoms with E-state index in [1.807, 2.05) is 42.5 Å². The number of hydrogen-bond acceptors (Lipinski definition) is 6. The Kier molecular flexibility index (Phi) is 7.22. The minimum Gasteiger partial charge on any atom is -0.457 e. The van der Waals surface area contributed by atoms with Crippen molar-refractivity contribution in [2.75, 3.05) is 19.7 Å². The number of rotatable bonds is 11. The van der Waals surface area contributed by atoms with E-state index in [0.29, 0.717) is 30.6 Å². The summed E-state index contributed by atoms with van der Waals surface area (Å²) in [5, 5.41) is 2.90. The lowest BCUT2D eigenvalue weighted by Crippen LogP contribution is -2.32. The monoisotopic (exact) mass is 461 g/mol. The van der Waals surface area contributed by atoms with Gasteiger partial charge >= 0.3 is 0 Å². The molecule has 7 nitrogen and oxygen atoms in total. The first-order valence-corrected chi connectivity index (χ1v) is 12.1. The van der Waals surface area contributed by atoms with Crippen LogP contribution in [-0.4, -0.2) is 41.6 Å². The zero-order chi connectivity index (χ0) is 23.2. The summed E-state index contributed by atoms with van der Waals surface area (Å²) < 4.78 is 17.2. The van der Waals surface area contributed by atoms with Crippen LogP contribution in [0, 0.1) is 5.92 Å². The smallest absolute Gasteiger partial charge is 0.273 e. The molecule has 1 aliphatic heterocycles. The molecule has 2 aromatic carbocycles. The van der Waals surface area contributed by atoms with Gasteiger partial charge in [-0.1, -0.05) is 30.3 Å². The summed E-state index contributed by atoms with van der Waals surface area (Å²) in [6.07, 6.45) is 6.10. The maximum absolute atomic E-state index is 12.5. The lowest BCUT2D eigenvalue weighted by molar-refractivity contribution is 0.0853. The van der Waals surface area contributed by atoms with E-state index >= 15 is 0 Å². The van der Waals surface area contributed by atoms with Crippen molar-refractivity contribution < 1.29 is 18.7 Å². The number of amides is 1. The molecule has 1 aromatic heterocycles. The number of carbonyl (C=O) groups excluding carboxylic acids is 1. The predicted octanol–water partition coefficient (Wildman–Crippen LogP) is 4.79. The lowest BCUT2D eigenvalue weighted by atomic mass is 10.2. The van der Waals surface area contributed by atoms with Crippen LogP contribution in [0.3, 0.4) is 0 Å². The summed E-state index contributed by atoms with van der Waals surface area (Å²) in [6.45, 7) is 3.57. The molecule has 1 aliphatic carbocycles. The van der Waals surface area contributed by atoms with Gasteiger partial charge in [0.05, 0.1) is 12.6 Å². The molecule has 1 unspecified atom stereocenters. The van der Waals surface area contributed by atoms with Gasteiger partial charge in [-0.3, -0.25) is 9.69 Å². The minimum absolute atomic E-state index is 0.103. The van der Waals surface area contributed by atoms with Crippen molar-refractivity contribution in [3.63, 3.8) is 0 Å². The van der Waals surface area contributed by atoms with Gasteiger partial charge in [-0.15, -0.1) is 0 Å². The Hall–Kier alpha value is -3.16. The first kappa shape index (κ1) is 22.6. The standard InChI is InChI=1S/C27H31N3O4/c31-27(28-15-24-10-5-13-32-24)25-19-33-26(29-25)18-30(16-20-11-12-20)17-21-6-4-9-23(14-21)34-22-7-2-1-3-8-22/h1-4,6-9,14,19-20,24H,5,10-13,15-18H2,(H,28,31). The fraction of sp³-hybridized carbons (Fsp3) is 0.407. The van der Waals surface area contributed by atoms with E-state index in [2.05, 4.69) is 27.3 Å². The first-order valence-electron chi connectivity index (χ1n) is 12.1. The van der Waals surface area contributed by atoms with Crippen LogP contribution in [0.25, 0.3) is 0 Å². The second kappa shape index (κ2) is 10.8. The van der Waals surface area contributed by atoms with E-state index in [9.17, 15) is 4.79 Å². The third-order valence-corrected chi connectivity index (χ3v) is 6.15. The normalized spacial score (nSPS) is 17.7. The van der Waals surface area contributed by atoms with Crippen molar-refractivity contribution in [2.45, 2.75) is 44.9 Å². The molecule has 1 atom stereocenters. The number of hydrogen-bond donors (Lipinski definition) is 1. The van der Waals surface area contributed by atoms with Crippen LogP contribution in [0.4, 0.5) is 0 Å². The number of benzene rings is 2. The van der Waals surface area contributed by atoms with E-state index in [1.165, 1.54) is 19.1 Å². The number of nitrogens with zero attached hydrogens (tertiary/aromatic N) is 2. The maximum atomic E-state index is 12.5. The van der Waals surface area contributed by atoms with Gasteiger partial charge in [-0.25, -0.2) is 4.98 Å². The second-order valence-corrected chi connectivity index (χ2v) is 9.15. The van der Waals surface area contributed by atoms with Crippen LogP contribution in [0.5, 0.6) is 11.5 Å². The van der Waals surface area contributed by atoms with Gasteiger partial charge in [0.1, 0.15) is 17.8 Å². The van der Waals surface area contributed by atoms with Crippen molar-refractivity contribution in [3.8, 4) is 11.5 Å². The highest BCUT2D eigenvalue weighted by molar-refractivity contribution is 5.91. The number of oxazole rings is 1. The zero-order valence-electron chi connectivity index (χ0n) is 19.3. The molecule has 0 bridgehead atoms. The van der Waals surface area contributed by atoms with E-state index in [1.54, 1.807) is 0 Å². The Morgan fingerprint density at radius 2 is 1.91 bits per heavy atom. The molecule has 0 radical (unpaired) electrons. The Morgan fingerprint density at radius 3 is 2.71 bits per heavy atom. The van der Waals surface area contributed by atoms with Gasteiger partial charge in [-0.05, 0) is 61.4 Å². The minimum atomic E-state index is -0.218. The van der Waals surface area contributed by atoms with Gasteiger partial charge in [0, 0.05) is 26.2 Å². The van der Waals surface area contributed by atoms with Crippen molar-refractivity contribution in [2.24, 2.45) is 5.92 Å². The molecule has 34 heavy (non-hydrogen) atoms. The van der Waals surface area contributed by atoms with Gasteiger partial charge in [-0.2, -0.15) is 0 Å². The second-order valence-electron chi connectivity index (χ2n) is 9.15. The molecule has 2 heterocycles. The molecule has 178 valence electrons. The summed E-state index contributed by atoms with van der Waals surface area (Å²) >= 11 is 0. The van der Waals surface area contributed by atoms with Crippen molar-refractivity contribution in [1.29, 1.82) is 0 Å². The molecule has 1 N–H and O–H groups in total. The van der Waals surface area contributed by atoms with Gasteiger partial charge < -0.3 is 19.2 Å². The highest BCUT2D eigenvalue weighted by Crippen LogP contribution is 2.31. The first-order chi connectivity index (χ1) is 16.7.